The molecule has 30 heavy (non-hydrogen) atoms. The summed E-state index contributed by atoms with van der Waals surface area (Å²) in [6.45, 7) is 14.1. The SMILES string of the molecule is C=C(CC(C)C)C(=O)C[C@H]1c2cc(OC)c(OC)cc2CCN1C(=O)OC(C)(C)C. The van der Waals surface area contributed by atoms with Gasteiger partial charge in [-0.1, -0.05) is 20.4 Å². The van der Waals surface area contributed by atoms with E-state index in [1.54, 1.807) is 19.1 Å². The summed E-state index contributed by atoms with van der Waals surface area (Å²) in [5.41, 5.74) is 1.89. The number of allylic oxidation sites excluding steroid dienone is 1. The summed E-state index contributed by atoms with van der Waals surface area (Å²) >= 11 is 0. The summed E-state index contributed by atoms with van der Waals surface area (Å²) in [5.74, 6) is 1.51. The minimum Gasteiger partial charge on any atom is -0.493 e. The number of methoxy groups -OCH3 is 2. The van der Waals surface area contributed by atoms with E-state index in [1.807, 2.05) is 32.9 Å². The summed E-state index contributed by atoms with van der Waals surface area (Å²) in [4.78, 5) is 27.6. The Hall–Kier alpha value is -2.50. The molecule has 1 aliphatic rings. The topological polar surface area (TPSA) is 65.1 Å². The Balaban J connectivity index is 2.44. The number of nitrogens with zero attached hydrogens (tertiary/aromatic N) is 1. The number of ketones is 1. The molecule has 1 aromatic rings. The molecule has 0 aliphatic carbocycles. The first-order valence-corrected chi connectivity index (χ1v) is 10.4. The van der Waals surface area contributed by atoms with Crippen LogP contribution in [0.15, 0.2) is 24.3 Å². The normalized spacial score (nSPS) is 16.1. The smallest absolute Gasteiger partial charge is 0.410 e. The van der Waals surface area contributed by atoms with Gasteiger partial charge < -0.3 is 19.1 Å². The van der Waals surface area contributed by atoms with Gasteiger partial charge in [0.2, 0.25) is 0 Å². The summed E-state index contributed by atoms with van der Waals surface area (Å²) in [6.07, 6.45) is 1.02. The predicted molar refractivity (Wildman–Crippen MR) is 117 cm³/mol. The maximum absolute atomic E-state index is 13.0. The van der Waals surface area contributed by atoms with Gasteiger partial charge in [-0.15, -0.1) is 0 Å². The zero-order chi connectivity index (χ0) is 22.6. The standard InChI is InChI=1S/C24H35NO5/c1-15(2)11-16(3)20(26)14-19-18-13-22(29-8)21(28-7)12-17(18)9-10-25(19)23(27)30-24(4,5)6/h12-13,15,19H,3,9-11,14H2,1-2,4-8H3/t19-/m0/s1. The highest BCUT2D eigenvalue weighted by Crippen LogP contribution is 2.40. The van der Waals surface area contributed by atoms with Crippen molar-refractivity contribution in [3.8, 4) is 11.5 Å². The predicted octanol–water partition coefficient (Wildman–Crippen LogP) is 5.10. The van der Waals surface area contributed by atoms with Crippen LogP contribution in [0, 0.1) is 5.92 Å². The fraction of sp³-hybridized carbons (Fsp3) is 0.583. The van der Waals surface area contributed by atoms with Crippen LogP contribution in [0.1, 0.15) is 64.6 Å². The van der Waals surface area contributed by atoms with Crippen molar-refractivity contribution < 1.29 is 23.8 Å². The van der Waals surface area contributed by atoms with Gasteiger partial charge in [-0.3, -0.25) is 4.79 Å². The zero-order valence-corrected chi connectivity index (χ0v) is 19.3. The van der Waals surface area contributed by atoms with Crippen molar-refractivity contribution in [2.45, 2.75) is 65.5 Å². The van der Waals surface area contributed by atoms with Gasteiger partial charge in [-0.25, -0.2) is 4.79 Å². The van der Waals surface area contributed by atoms with Gasteiger partial charge in [0.25, 0.3) is 0 Å². The lowest BCUT2D eigenvalue weighted by atomic mass is 9.87. The van der Waals surface area contributed by atoms with Crippen LogP contribution in [0.2, 0.25) is 0 Å². The molecule has 0 saturated carbocycles. The summed E-state index contributed by atoms with van der Waals surface area (Å²) < 4.78 is 16.5. The van der Waals surface area contributed by atoms with E-state index in [0.29, 0.717) is 42.4 Å². The fourth-order valence-electron chi connectivity index (χ4n) is 3.71. The second kappa shape index (κ2) is 9.54. The largest absolute Gasteiger partial charge is 0.493 e. The van der Waals surface area contributed by atoms with Crippen LogP contribution in [-0.4, -0.2) is 43.1 Å². The highest BCUT2D eigenvalue weighted by atomic mass is 16.6. The second-order valence-corrected chi connectivity index (χ2v) is 9.17. The van der Waals surface area contributed by atoms with Crippen molar-refractivity contribution in [3.05, 3.63) is 35.4 Å². The van der Waals surface area contributed by atoms with Crippen molar-refractivity contribution >= 4 is 11.9 Å². The van der Waals surface area contributed by atoms with E-state index in [1.165, 1.54) is 0 Å². The quantitative estimate of drug-likeness (QED) is 0.578. The van der Waals surface area contributed by atoms with Crippen LogP contribution < -0.4 is 9.47 Å². The van der Waals surface area contributed by atoms with Crippen LogP contribution in [-0.2, 0) is 16.0 Å². The van der Waals surface area contributed by atoms with Gasteiger partial charge in [0.15, 0.2) is 17.3 Å². The number of ether oxygens (including phenoxy) is 3. The molecule has 0 bridgehead atoms. The van der Waals surface area contributed by atoms with Crippen LogP contribution in [0.25, 0.3) is 0 Å². The van der Waals surface area contributed by atoms with Gasteiger partial charge in [-0.2, -0.15) is 0 Å². The molecule has 0 fully saturated rings. The molecular weight excluding hydrogens is 382 g/mol. The molecule has 0 aromatic heterocycles. The number of Topliss-reactive ketones (excluding diaryl/α,β-unsaturated/α-hetero) is 1. The number of carbonyl (C=O) groups excluding carboxylic acids is 2. The Morgan fingerprint density at radius 1 is 1.17 bits per heavy atom. The third-order valence-electron chi connectivity index (χ3n) is 5.06. The number of fused-ring (bicyclic) bond motifs is 1. The zero-order valence-electron chi connectivity index (χ0n) is 19.3. The molecule has 6 nitrogen and oxygen atoms in total. The molecule has 1 aromatic carbocycles. The van der Waals surface area contributed by atoms with Gasteiger partial charge in [-0.05, 0) is 68.4 Å². The Kier molecular flexibility index (Phi) is 7.56. The molecule has 2 rings (SSSR count). The lowest BCUT2D eigenvalue weighted by molar-refractivity contribution is -0.117. The minimum absolute atomic E-state index is 0.0371. The molecule has 0 spiro atoms. The van der Waals surface area contributed by atoms with Crippen LogP contribution in [0.3, 0.4) is 0 Å². The number of amides is 1. The number of carbonyl (C=O) groups is 2. The molecule has 0 N–H and O–H groups in total. The Labute approximate surface area is 180 Å². The maximum Gasteiger partial charge on any atom is 0.410 e. The average Bonchev–Trinajstić information content (AvgIpc) is 2.64. The van der Waals surface area contributed by atoms with E-state index in [-0.39, 0.29) is 12.2 Å². The van der Waals surface area contributed by atoms with Crippen molar-refractivity contribution in [2.24, 2.45) is 5.92 Å². The average molecular weight is 418 g/mol. The highest BCUT2D eigenvalue weighted by Gasteiger charge is 2.36. The van der Waals surface area contributed by atoms with Crippen molar-refractivity contribution in [3.63, 3.8) is 0 Å². The van der Waals surface area contributed by atoms with Crippen molar-refractivity contribution in [1.82, 2.24) is 4.90 Å². The van der Waals surface area contributed by atoms with Gasteiger partial charge in [0, 0.05) is 13.0 Å². The number of benzene rings is 1. The number of hydrogen-bond acceptors (Lipinski definition) is 5. The molecule has 0 saturated heterocycles. The fourth-order valence-corrected chi connectivity index (χ4v) is 3.71. The van der Waals surface area contributed by atoms with E-state index in [0.717, 1.165) is 11.1 Å². The summed E-state index contributed by atoms with van der Waals surface area (Å²) in [6, 6.07) is 3.36. The second-order valence-electron chi connectivity index (χ2n) is 9.17. The van der Waals surface area contributed by atoms with Crippen LogP contribution >= 0.6 is 0 Å². The molecule has 6 heteroatoms. The molecular formula is C24H35NO5. The van der Waals surface area contributed by atoms with Crippen LogP contribution in [0.5, 0.6) is 11.5 Å². The third-order valence-corrected chi connectivity index (χ3v) is 5.06. The summed E-state index contributed by atoms with van der Waals surface area (Å²) in [7, 11) is 3.17. The maximum atomic E-state index is 13.0. The Morgan fingerprint density at radius 3 is 2.30 bits per heavy atom. The Bertz CT molecular complexity index is 807. The van der Waals surface area contributed by atoms with E-state index in [4.69, 9.17) is 14.2 Å². The first-order chi connectivity index (χ1) is 14.0. The van der Waals surface area contributed by atoms with Crippen molar-refractivity contribution in [1.29, 1.82) is 0 Å². The molecule has 1 atom stereocenters. The number of hydrogen-bond donors (Lipinski definition) is 0. The first-order valence-electron chi connectivity index (χ1n) is 10.4. The van der Waals surface area contributed by atoms with Gasteiger partial charge >= 0.3 is 6.09 Å². The minimum atomic E-state index is -0.620. The van der Waals surface area contributed by atoms with Crippen molar-refractivity contribution in [2.75, 3.05) is 20.8 Å². The molecule has 0 unspecified atom stereocenters. The molecule has 166 valence electrons. The molecule has 1 amide bonds. The molecule has 0 radical (unpaired) electrons. The third kappa shape index (κ3) is 5.77. The number of rotatable bonds is 7. The van der Waals surface area contributed by atoms with E-state index < -0.39 is 17.7 Å². The van der Waals surface area contributed by atoms with E-state index in [9.17, 15) is 9.59 Å². The monoisotopic (exact) mass is 417 g/mol. The van der Waals surface area contributed by atoms with Gasteiger partial charge in [0.1, 0.15) is 5.60 Å². The lowest BCUT2D eigenvalue weighted by Gasteiger charge is -2.38. The van der Waals surface area contributed by atoms with E-state index >= 15 is 0 Å². The van der Waals surface area contributed by atoms with E-state index in [2.05, 4.69) is 20.4 Å². The Morgan fingerprint density at radius 2 is 1.77 bits per heavy atom. The highest BCUT2D eigenvalue weighted by molar-refractivity contribution is 5.95. The van der Waals surface area contributed by atoms with Crippen LogP contribution in [0.4, 0.5) is 4.79 Å². The first kappa shape index (κ1) is 23.8. The summed E-state index contributed by atoms with van der Waals surface area (Å²) in [5, 5.41) is 0. The lowest BCUT2D eigenvalue weighted by Crippen LogP contribution is -2.43. The van der Waals surface area contributed by atoms with Gasteiger partial charge in [0.05, 0.1) is 20.3 Å². The molecule has 1 heterocycles. The molecule has 1 aliphatic heterocycles.